The molecule has 0 bridgehead atoms. The molecule has 1 N–H and O–H groups in total. The van der Waals surface area contributed by atoms with Gasteiger partial charge in [0, 0.05) is 38.0 Å². The normalized spacial score (nSPS) is 20.3. The summed E-state index contributed by atoms with van der Waals surface area (Å²) in [4.78, 5) is 21.8. The number of halogens is 2. The van der Waals surface area contributed by atoms with Crippen molar-refractivity contribution in [3.63, 3.8) is 0 Å². The summed E-state index contributed by atoms with van der Waals surface area (Å²) in [6.45, 7) is 3.13. The lowest BCUT2D eigenvalue weighted by Crippen LogP contribution is -2.54. The zero-order valence-corrected chi connectivity index (χ0v) is 16.4. The van der Waals surface area contributed by atoms with E-state index in [2.05, 4.69) is 26.0 Å². The van der Waals surface area contributed by atoms with Crippen LogP contribution in [0.1, 0.15) is 36.9 Å². The van der Waals surface area contributed by atoms with E-state index in [1.165, 1.54) is 6.20 Å². The number of aromatic nitrogens is 4. The zero-order valence-electron chi connectivity index (χ0n) is 16.4. The van der Waals surface area contributed by atoms with E-state index in [1.807, 2.05) is 6.92 Å². The first-order valence-electron chi connectivity index (χ1n) is 9.94. The molecular weight excluding hydrogens is 394 g/mol. The smallest absolute Gasteiger partial charge is 0.260 e. The second kappa shape index (κ2) is 6.74. The third-order valence-corrected chi connectivity index (χ3v) is 6.00. The van der Waals surface area contributed by atoms with E-state index in [4.69, 9.17) is 4.74 Å². The summed E-state index contributed by atoms with van der Waals surface area (Å²) in [6, 6.07) is 3.73. The van der Waals surface area contributed by atoms with Crippen molar-refractivity contribution < 1.29 is 13.5 Å². The van der Waals surface area contributed by atoms with Gasteiger partial charge in [-0.25, -0.2) is 18.3 Å². The van der Waals surface area contributed by atoms with E-state index in [0.29, 0.717) is 37.1 Å². The van der Waals surface area contributed by atoms with Crippen LogP contribution in [0, 0.1) is 18.3 Å². The topological polar surface area (TPSA) is 99.3 Å². The first kappa shape index (κ1) is 18.9. The number of piperidine rings is 1. The van der Waals surface area contributed by atoms with E-state index in [-0.39, 0.29) is 41.8 Å². The monoisotopic (exact) mass is 414 g/mol. The molecule has 0 amide bonds. The van der Waals surface area contributed by atoms with Crippen molar-refractivity contribution >= 4 is 16.6 Å². The minimum atomic E-state index is -2.53. The molecule has 8 nitrogen and oxygen atoms in total. The van der Waals surface area contributed by atoms with Crippen LogP contribution >= 0.6 is 0 Å². The molecule has 0 radical (unpaired) electrons. The van der Waals surface area contributed by atoms with Crippen molar-refractivity contribution in [1.29, 1.82) is 5.26 Å². The number of H-pyrrole nitrogens is 1. The van der Waals surface area contributed by atoms with Crippen molar-refractivity contribution in [2.24, 2.45) is 0 Å². The van der Waals surface area contributed by atoms with Gasteiger partial charge in [0.1, 0.15) is 23.4 Å². The average molecular weight is 414 g/mol. The maximum absolute atomic E-state index is 13.1. The molecule has 1 aliphatic heterocycles. The number of nitrogens with one attached hydrogen (secondary N) is 1. The second-order valence-electron chi connectivity index (χ2n) is 8.12. The van der Waals surface area contributed by atoms with Crippen LogP contribution in [0.4, 0.5) is 8.78 Å². The number of nitriles is 1. The van der Waals surface area contributed by atoms with Gasteiger partial charge in [-0.3, -0.25) is 9.69 Å². The fourth-order valence-corrected chi connectivity index (χ4v) is 4.42. The summed E-state index contributed by atoms with van der Waals surface area (Å²) in [5.74, 6) is -2.41. The minimum Gasteiger partial charge on any atom is -0.473 e. The van der Waals surface area contributed by atoms with Crippen LogP contribution in [0.3, 0.4) is 0 Å². The Hall–Kier alpha value is -3.06. The number of aryl methyl sites for hydroxylation is 1. The van der Waals surface area contributed by atoms with Gasteiger partial charge < -0.3 is 9.72 Å². The molecular formula is C20H20F2N6O2. The van der Waals surface area contributed by atoms with Crippen molar-refractivity contribution in [3.8, 4) is 11.9 Å². The van der Waals surface area contributed by atoms with Crippen molar-refractivity contribution in [2.75, 3.05) is 13.1 Å². The molecule has 30 heavy (non-hydrogen) atoms. The summed E-state index contributed by atoms with van der Waals surface area (Å²) in [5, 5.41) is 14.3. The van der Waals surface area contributed by atoms with Gasteiger partial charge in [-0.2, -0.15) is 10.4 Å². The van der Waals surface area contributed by atoms with Gasteiger partial charge in [-0.05, 0) is 19.8 Å². The van der Waals surface area contributed by atoms with Gasteiger partial charge in [0.2, 0.25) is 5.88 Å². The number of hydrogen-bond acceptors (Lipinski definition) is 6. The third kappa shape index (κ3) is 3.10. The molecule has 0 aromatic carbocycles. The first-order chi connectivity index (χ1) is 14.3. The Bertz CT molecular complexity index is 1230. The molecule has 1 aliphatic carbocycles. The van der Waals surface area contributed by atoms with E-state index < -0.39 is 11.5 Å². The highest BCUT2D eigenvalue weighted by Crippen LogP contribution is 2.41. The van der Waals surface area contributed by atoms with Crippen LogP contribution in [0.2, 0.25) is 0 Å². The molecule has 0 unspecified atom stereocenters. The standard InChI is InChI=1S/C20H20F2N6O2/c1-11-6-16-25-18(29)17-14(9-23)19(24-10-15(17)28(16)26-11)30-13-2-4-27(5-3-13)12-7-20(21,22)8-12/h6,10,12-13H,2-5,7-8H2,1H3,(H,25,29). The van der Waals surface area contributed by atoms with Gasteiger partial charge >= 0.3 is 0 Å². The highest BCUT2D eigenvalue weighted by Gasteiger charge is 2.48. The Morgan fingerprint density at radius 3 is 2.73 bits per heavy atom. The maximum atomic E-state index is 13.1. The molecule has 1 saturated heterocycles. The van der Waals surface area contributed by atoms with Gasteiger partial charge in [0.15, 0.2) is 0 Å². The molecule has 10 heteroatoms. The van der Waals surface area contributed by atoms with E-state index in [1.54, 1.807) is 10.6 Å². The van der Waals surface area contributed by atoms with Crippen LogP contribution < -0.4 is 10.3 Å². The van der Waals surface area contributed by atoms with Crippen molar-refractivity contribution in [2.45, 2.75) is 50.7 Å². The van der Waals surface area contributed by atoms with Crippen LogP contribution in [0.5, 0.6) is 5.88 Å². The Morgan fingerprint density at radius 1 is 1.33 bits per heavy atom. The van der Waals surface area contributed by atoms with Crippen molar-refractivity contribution in [1.82, 2.24) is 24.5 Å². The predicted octanol–water partition coefficient (Wildman–Crippen LogP) is 2.39. The lowest BCUT2D eigenvalue weighted by Gasteiger charge is -2.45. The van der Waals surface area contributed by atoms with Crippen LogP contribution in [0.25, 0.3) is 16.6 Å². The number of hydrogen-bond donors (Lipinski definition) is 1. The highest BCUT2D eigenvalue weighted by atomic mass is 19.3. The summed E-state index contributed by atoms with van der Waals surface area (Å²) in [6.07, 6.45) is 2.46. The molecule has 3 aromatic heterocycles. The maximum Gasteiger partial charge on any atom is 0.260 e. The molecule has 0 atom stereocenters. The fraction of sp³-hybridized carbons (Fsp3) is 0.500. The molecule has 2 fully saturated rings. The fourth-order valence-electron chi connectivity index (χ4n) is 4.42. The van der Waals surface area contributed by atoms with Gasteiger partial charge in [-0.1, -0.05) is 0 Å². The number of likely N-dealkylation sites (tertiary alicyclic amines) is 1. The number of aromatic amines is 1. The van der Waals surface area contributed by atoms with E-state index in [9.17, 15) is 18.8 Å². The van der Waals surface area contributed by atoms with E-state index >= 15 is 0 Å². The number of nitrogens with zero attached hydrogens (tertiary/aromatic N) is 5. The molecule has 1 saturated carbocycles. The second-order valence-corrected chi connectivity index (χ2v) is 8.12. The highest BCUT2D eigenvalue weighted by molar-refractivity contribution is 5.86. The van der Waals surface area contributed by atoms with Crippen LogP contribution in [0.15, 0.2) is 17.1 Å². The van der Waals surface area contributed by atoms with Crippen molar-refractivity contribution in [3.05, 3.63) is 33.9 Å². The zero-order chi connectivity index (χ0) is 21.0. The summed E-state index contributed by atoms with van der Waals surface area (Å²) in [7, 11) is 0. The Morgan fingerprint density at radius 2 is 2.07 bits per heavy atom. The van der Waals surface area contributed by atoms with Crippen LogP contribution in [-0.4, -0.2) is 55.6 Å². The number of pyridine rings is 1. The third-order valence-electron chi connectivity index (χ3n) is 6.00. The average Bonchev–Trinajstić information content (AvgIpc) is 3.06. The Balaban J connectivity index is 1.39. The predicted molar refractivity (Wildman–Crippen MR) is 104 cm³/mol. The first-order valence-corrected chi connectivity index (χ1v) is 9.94. The molecule has 4 heterocycles. The van der Waals surface area contributed by atoms with E-state index in [0.717, 1.165) is 5.69 Å². The quantitative estimate of drug-likeness (QED) is 0.707. The van der Waals surface area contributed by atoms with Gasteiger partial charge in [0.25, 0.3) is 11.5 Å². The SMILES string of the molecule is Cc1cc2[nH]c(=O)c3c(C#N)c(OC4CCN(C5CC(F)(F)C5)CC4)ncc3n2n1. The Labute approximate surface area is 170 Å². The molecule has 0 spiro atoms. The number of ether oxygens (including phenoxy) is 1. The molecule has 5 rings (SSSR count). The largest absolute Gasteiger partial charge is 0.473 e. The number of fused-ring (bicyclic) bond motifs is 3. The van der Waals surface area contributed by atoms with Gasteiger partial charge in [-0.15, -0.1) is 0 Å². The lowest BCUT2D eigenvalue weighted by molar-refractivity contribution is -0.129. The van der Waals surface area contributed by atoms with Crippen LogP contribution in [-0.2, 0) is 0 Å². The summed E-state index contributed by atoms with van der Waals surface area (Å²) in [5.41, 5.74) is 1.37. The lowest BCUT2D eigenvalue weighted by atomic mass is 9.85. The molecule has 2 aliphatic rings. The summed E-state index contributed by atoms with van der Waals surface area (Å²) < 4.78 is 33.8. The number of rotatable bonds is 3. The Kier molecular flexibility index (Phi) is 4.25. The summed E-state index contributed by atoms with van der Waals surface area (Å²) >= 11 is 0. The number of alkyl halides is 2. The van der Waals surface area contributed by atoms with Gasteiger partial charge in [0.05, 0.1) is 22.8 Å². The molecule has 3 aromatic rings. The molecule has 156 valence electrons. The minimum absolute atomic E-state index is 0.0621.